The monoisotopic (exact) mass is 423 g/mol. The van der Waals surface area contributed by atoms with Crippen LogP contribution in [0.4, 0.5) is 13.2 Å². The molecule has 0 aliphatic heterocycles. The predicted molar refractivity (Wildman–Crippen MR) is 97.1 cm³/mol. The fourth-order valence-electron chi connectivity index (χ4n) is 2.35. The smallest absolute Gasteiger partial charge is 0.249 e. The highest BCUT2D eigenvalue weighted by Crippen LogP contribution is 2.38. The van der Waals surface area contributed by atoms with Crippen molar-refractivity contribution < 1.29 is 18.3 Å². The maximum atomic E-state index is 15.2. The van der Waals surface area contributed by atoms with Crippen LogP contribution >= 0.6 is 23.2 Å². The Morgan fingerprint density at radius 2 is 1.54 bits per heavy atom. The van der Waals surface area contributed by atoms with Crippen molar-refractivity contribution in [1.29, 1.82) is 0 Å². The van der Waals surface area contributed by atoms with E-state index < -0.39 is 42.5 Å². The van der Waals surface area contributed by atoms with Crippen LogP contribution in [0.25, 0.3) is 0 Å². The zero-order valence-electron chi connectivity index (χ0n) is 14.8. The first-order valence-corrected chi connectivity index (χ1v) is 11.4. The van der Waals surface area contributed by atoms with Crippen molar-refractivity contribution >= 4 is 36.5 Å². The summed E-state index contributed by atoms with van der Waals surface area (Å²) in [6.07, 6.45) is -0.799. The van der Waals surface area contributed by atoms with Crippen LogP contribution in [0.1, 0.15) is 38.1 Å². The first-order valence-electron chi connectivity index (χ1n) is 7.69. The van der Waals surface area contributed by atoms with Crippen molar-refractivity contribution in [1.82, 2.24) is 15.0 Å². The minimum atomic E-state index is -2.85. The number of aromatic nitrogens is 3. The molecule has 2 rings (SSSR count). The number of aliphatic hydroxyl groups excluding tert-OH is 1. The van der Waals surface area contributed by atoms with Gasteiger partial charge in [0.15, 0.2) is 5.82 Å². The van der Waals surface area contributed by atoms with Crippen LogP contribution in [0.15, 0.2) is 6.33 Å². The molecular formula is C16H18Cl2F3N3OSi. The molecule has 142 valence electrons. The summed E-state index contributed by atoms with van der Waals surface area (Å²) in [5.74, 6) is -3.95. The second-order valence-electron chi connectivity index (χ2n) is 7.44. The van der Waals surface area contributed by atoms with Crippen LogP contribution in [0.5, 0.6) is 0 Å². The summed E-state index contributed by atoms with van der Waals surface area (Å²) in [6, 6.07) is 0. The van der Waals surface area contributed by atoms with Crippen molar-refractivity contribution in [2.45, 2.75) is 45.0 Å². The van der Waals surface area contributed by atoms with Crippen LogP contribution < -0.4 is 5.19 Å². The van der Waals surface area contributed by atoms with Crippen molar-refractivity contribution in [3.05, 3.63) is 45.5 Å². The van der Waals surface area contributed by atoms with E-state index in [4.69, 9.17) is 23.2 Å². The van der Waals surface area contributed by atoms with Gasteiger partial charge in [-0.25, -0.2) is 23.7 Å². The molecule has 0 aliphatic rings. The molecule has 1 atom stereocenters. The first-order chi connectivity index (χ1) is 11.8. The van der Waals surface area contributed by atoms with E-state index in [1.807, 2.05) is 20.8 Å². The molecule has 2 aromatic heterocycles. The predicted octanol–water partition coefficient (Wildman–Crippen LogP) is 4.39. The topological polar surface area (TPSA) is 58.9 Å². The molecule has 0 saturated carbocycles. The molecule has 2 heterocycles. The van der Waals surface area contributed by atoms with Gasteiger partial charge in [0, 0.05) is 5.19 Å². The second kappa shape index (κ2) is 7.07. The van der Waals surface area contributed by atoms with Gasteiger partial charge in [-0.15, -0.1) is 0 Å². The highest BCUT2D eigenvalue weighted by atomic mass is 35.5. The van der Waals surface area contributed by atoms with Crippen LogP contribution in [0, 0.1) is 17.6 Å². The van der Waals surface area contributed by atoms with Gasteiger partial charge in [0.2, 0.25) is 5.95 Å². The Balaban J connectivity index is 2.77. The molecule has 1 N–H and O–H groups in total. The molecule has 0 radical (unpaired) electrons. The molecule has 10 heteroatoms. The van der Waals surface area contributed by atoms with Gasteiger partial charge < -0.3 is 5.11 Å². The number of hydrogen-bond acceptors (Lipinski definition) is 4. The number of pyridine rings is 1. The SMILES string of the molecule is CC(C)(C)[Si](C)(C)c1c(F)c(F)nc(C(O)c2c(Cl)ncnc2Cl)c1F. The maximum Gasteiger partial charge on any atom is 0.249 e. The maximum absolute atomic E-state index is 15.2. The molecule has 0 bridgehead atoms. The third-order valence-corrected chi connectivity index (χ3v) is 10.9. The van der Waals surface area contributed by atoms with Crippen molar-refractivity contribution in [3.8, 4) is 0 Å². The van der Waals surface area contributed by atoms with E-state index in [1.165, 1.54) is 0 Å². The first kappa shape index (κ1) is 21.1. The molecule has 0 aromatic carbocycles. The largest absolute Gasteiger partial charge is 0.382 e. The lowest BCUT2D eigenvalue weighted by Crippen LogP contribution is -2.53. The molecule has 26 heavy (non-hydrogen) atoms. The number of nitrogens with zero attached hydrogens (tertiary/aromatic N) is 3. The van der Waals surface area contributed by atoms with Gasteiger partial charge in [0.05, 0.1) is 13.6 Å². The molecule has 0 saturated heterocycles. The highest BCUT2D eigenvalue weighted by Gasteiger charge is 2.43. The summed E-state index contributed by atoms with van der Waals surface area (Å²) in [6.45, 7) is 8.91. The summed E-state index contributed by atoms with van der Waals surface area (Å²) in [5.41, 5.74) is -0.934. The van der Waals surface area contributed by atoms with Gasteiger partial charge in [-0.1, -0.05) is 57.1 Å². The van der Waals surface area contributed by atoms with Crippen molar-refractivity contribution in [2.24, 2.45) is 0 Å². The quantitative estimate of drug-likeness (QED) is 0.451. The third-order valence-electron chi connectivity index (χ3n) is 4.88. The zero-order valence-corrected chi connectivity index (χ0v) is 17.3. The Morgan fingerprint density at radius 3 is 2.00 bits per heavy atom. The molecule has 0 spiro atoms. The zero-order chi connectivity index (χ0) is 20.0. The van der Waals surface area contributed by atoms with Crippen LogP contribution in [-0.4, -0.2) is 28.1 Å². The summed E-state index contributed by atoms with van der Waals surface area (Å²) < 4.78 is 43.9. The Kier molecular flexibility index (Phi) is 5.73. The van der Waals surface area contributed by atoms with Gasteiger partial charge in [0.25, 0.3) is 0 Å². The molecule has 2 aromatic rings. The molecule has 0 fully saturated rings. The van der Waals surface area contributed by atoms with Gasteiger partial charge in [-0.3, -0.25) is 0 Å². The van der Waals surface area contributed by atoms with E-state index in [0.717, 1.165) is 6.33 Å². The summed E-state index contributed by atoms with van der Waals surface area (Å²) in [7, 11) is -2.85. The molecule has 0 aliphatic carbocycles. The Labute approximate surface area is 160 Å². The van der Waals surface area contributed by atoms with Gasteiger partial charge in [-0.2, -0.15) is 4.39 Å². The summed E-state index contributed by atoms with van der Waals surface area (Å²) in [5, 5.41) is 9.17. The molecule has 1 unspecified atom stereocenters. The Hall–Kier alpha value is -1.22. The lowest BCUT2D eigenvalue weighted by Gasteiger charge is -2.38. The van der Waals surface area contributed by atoms with Crippen LogP contribution in [-0.2, 0) is 0 Å². The second-order valence-corrected chi connectivity index (χ2v) is 13.4. The van der Waals surface area contributed by atoms with E-state index in [0.29, 0.717) is 0 Å². The lowest BCUT2D eigenvalue weighted by atomic mass is 10.1. The summed E-state index contributed by atoms with van der Waals surface area (Å²) >= 11 is 11.8. The minimum absolute atomic E-state index is 0.227. The van der Waals surface area contributed by atoms with Crippen molar-refractivity contribution in [2.75, 3.05) is 0 Å². The Morgan fingerprint density at radius 1 is 1.04 bits per heavy atom. The van der Waals surface area contributed by atoms with Gasteiger partial charge in [0.1, 0.15) is 34.2 Å². The average molecular weight is 424 g/mol. The van der Waals surface area contributed by atoms with E-state index in [-0.39, 0.29) is 21.1 Å². The number of aliphatic hydroxyl groups is 1. The van der Waals surface area contributed by atoms with E-state index in [1.54, 1.807) is 13.1 Å². The molecule has 4 nitrogen and oxygen atoms in total. The fraction of sp³-hybridized carbons (Fsp3) is 0.438. The standard InChI is InChI=1S/C16H18Cl2F3N3OSi/c1-16(2,3)26(4,5)12-8(19)10(24-15(21)9(12)20)11(25)7-13(17)22-6-23-14(7)18/h6,11,25H,1-5H3. The number of hydrogen-bond donors (Lipinski definition) is 1. The van der Waals surface area contributed by atoms with Gasteiger partial charge in [-0.05, 0) is 5.04 Å². The molecule has 0 amide bonds. The fourth-order valence-corrected chi connectivity index (χ4v) is 4.95. The van der Waals surface area contributed by atoms with E-state index >= 15 is 4.39 Å². The van der Waals surface area contributed by atoms with E-state index in [2.05, 4.69) is 15.0 Å². The van der Waals surface area contributed by atoms with Gasteiger partial charge >= 0.3 is 0 Å². The third kappa shape index (κ3) is 3.47. The minimum Gasteiger partial charge on any atom is -0.382 e. The van der Waals surface area contributed by atoms with E-state index in [9.17, 15) is 13.9 Å². The van der Waals surface area contributed by atoms with Crippen LogP contribution in [0.3, 0.4) is 0 Å². The number of halogens is 5. The normalized spacial score (nSPS) is 13.8. The summed E-state index contributed by atoms with van der Waals surface area (Å²) in [4.78, 5) is 10.6. The van der Waals surface area contributed by atoms with Crippen LogP contribution in [0.2, 0.25) is 28.4 Å². The average Bonchev–Trinajstić information content (AvgIpc) is 2.49. The molecular weight excluding hydrogens is 406 g/mol. The Bertz CT molecular complexity index is 839. The number of rotatable bonds is 3. The van der Waals surface area contributed by atoms with Crippen molar-refractivity contribution in [3.63, 3.8) is 0 Å². The highest BCUT2D eigenvalue weighted by molar-refractivity contribution is 6.92. The lowest BCUT2D eigenvalue weighted by molar-refractivity contribution is 0.206.